The summed E-state index contributed by atoms with van der Waals surface area (Å²) in [6.45, 7) is 9.59. The van der Waals surface area contributed by atoms with Crippen LogP contribution in [-0.4, -0.2) is 21.2 Å². The molecule has 0 unspecified atom stereocenters. The Balaban J connectivity index is 2.10. The van der Waals surface area contributed by atoms with Crippen molar-refractivity contribution >= 4 is 17.1 Å². The van der Waals surface area contributed by atoms with Crippen LogP contribution in [0.15, 0.2) is 12.1 Å². The van der Waals surface area contributed by atoms with E-state index in [1.807, 2.05) is 46.8 Å². The first-order chi connectivity index (χ1) is 9.78. The predicted molar refractivity (Wildman–Crippen MR) is 82.8 cm³/mol. The van der Waals surface area contributed by atoms with Gasteiger partial charge in [-0.2, -0.15) is 0 Å². The van der Waals surface area contributed by atoms with Gasteiger partial charge >= 0.3 is 6.09 Å². The number of aryl methyl sites for hydroxylation is 1. The molecule has 1 aliphatic carbocycles. The monoisotopic (exact) mass is 286 g/mol. The zero-order valence-corrected chi connectivity index (χ0v) is 13.4. The van der Waals surface area contributed by atoms with E-state index in [0.717, 1.165) is 28.0 Å². The first-order valence-corrected chi connectivity index (χ1v) is 7.50. The van der Waals surface area contributed by atoms with Gasteiger partial charge < -0.3 is 4.74 Å². The molecule has 0 amide bonds. The van der Waals surface area contributed by atoms with Crippen molar-refractivity contribution in [1.82, 2.24) is 9.55 Å². The van der Waals surface area contributed by atoms with Crippen molar-refractivity contribution in [2.45, 2.75) is 59.0 Å². The van der Waals surface area contributed by atoms with Gasteiger partial charge in [0.15, 0.2) is 0 Å². The third kappa shape index (κ3) is 2.55. The van der Waals surface area contributed by atoms with Gasteiger partial charge in [0.2, 0.25) is 0 Å². The second-order valence-corrected chi connectivity index (χ2v) is 6.90. The first kappa shape index (κ1) is 14.1. The number of pyridine rings is 1. The van der Waals surface area contributed by atoms with Crippen LogP contribution in [0.3, 0.4) is 0 Å². The summed E-state index contributed by atoms with van der Waals surface area (Å²) in [7, 11) is 0. The van der Waals surface area contributed by atoms with E-state index < -0.39 is 5.60 Å². The number of ether oxygens (including phenoxy) is 1. The fraction of sp³-hybridized carbons (Fsp3) is 0.529. The Labute approximate surface area is 125 Å². The standard InChI is InChI=1S/C17H22N2O2/c1-10-11(2)19(16(20)21-17(3,4)5)14-9-8-13(12-6-7-12)18-15(10)14/h8-9,12H,6-7H2,1-5H3. The maximum absolute atomic E-state index is 12.5. The van der Waals surface area contributed by atoms with E-state index in [2.05, 4.69) is 0 Å². The Kier molecular flexibility index (Phi) is 3.08. The molecule has 0 aromatic carbocycles. The van der Waals surface area contributed by atoms with Crippen LogP contribution in [0.1, 0.15) is 56.5 Å². The number of carbonyl (C=O) groups excluding carboxylic acids is 1. The third-order valence-corrected chi connectivity index (χ3v) is 3.94. The van der Waals surface area contributed by atoms with Gasteiger partial charge in [0.05, 0.1) is 11.0 Å². The maximum atomic E-state index is 12.5. The molecule has 1 saturated carbocycles. The normalized spacial score (nSPS) is 15.5. The number of hydrogen-bond acceptors (Lipinski definition) is 3. The fourth-order valence-electron chi connectivity index (χ4n) is 2.59. The molecule has 21 heavy (non-hydrogen) atoms. The van der Waals surface area contributed by atoms with E-state index in [1.165, 1.54) is 12.8 Å². The molecule has 1 aliphatic rings. The second-order valence-electron chi connectivity index (χ2n) is 6.90. The molecule has 112 valence electrons. The topological polar surface area (TPSA) is 44.1 Å². The number of aromatic nitrogens is 2. The zero-order valence-electron chi connectivity index (χ0n) is 13.4. The summed E-state index contributed by atoms with van der Waals surface area (Å²) in [5.41, 5.74) is 4.35. The number of carbonyl (C=O) groups is 1. The van der Waals surface area contributed by atoms with Gasteiger partial charge in [-0.1, -0.05) is 0 Å². The van der Waals surface area contributed by atoms with E-state index in [-0.39, 0.29) is 6.09 Å². The molecule has 0 spiro atoms. The quantitative estimate of drug-likeness (QED) is 0.784. The van der Waals surface area contributed by atoms with Crippen molar-refractivity contribution in [3.8, 4) is 0 Å². The van der Waals surface area contributed by atoms with Crippen LogP contribution < -0.4 is 0 Å². The van der Waals surface area contributed by atoms with Crippen LogP contribution in [0, 0.1) is 13.8 Å². The average molecular weight is 286 g/mol. The van der Waals surface area contributed by atoms with Crippen LogP contribution in [0.25, 0.3) is 11.0 Å². The molecule has 0 bridgehead atoms. The van der Waals surface area contributed by atoms with Gasteiger partial charge in [-0.3, -0.25) is 4.98 Å². The van der Waals surface area contributed by atoms with Crippen LogP contribution in [0.4, 0.5) is 4.79 Å². The lowest BCUT2D eigenvalue weighted by atomic mass is 10.2. The van der Waals surface area contributed by atoms with Crippen molar-refractivity contribution in [2.24, 2.45) is 0 Å². The molecule has 0 saturated heterocycles. The van der Waals surface area contributed by atoms with Crippen molar-refractivity contribution in [1.29, 1.82) is 0 Å². The summed E-state index contributed by atoms with van der Waals surface area (Å²) >= 11 is 0. The fourth-order valence-corrected chi connectivity index (χ4v) is 2.59. The highest BCUT2D eigenvalue weighted by Crippen LogP contribution is 2.40. The van der Waals surface area contributed by atoms with Gasteiger partial charge in [-0.15, -0.1) is 0 Å². The Bertz CT molecular complexity index is 718. The largest absolute Gasteiger partial charge is 0.443 e. The van der Waals surface area contributed by atoms with E-state index in [9.17, 15) is 4.79 Å². The minimum Gasteiger partial charge on any atom is -0.443 e. The van der Waals surface area contributed by atoms with Gasteiger partial charge in [0, 0.05) is 17.3 Å². The highest BCUT2D eigenvalue weighted by atomic mass is 16.6. The highest BCUT2D eigenvalue weighted by molar-refractivity contribution is 5.91. The van der Waals surface area contributed by atoms with E-state index in [1.54, 1.807) is 4.57 Å². The van der Waals surface area contributed by atoms with Crippen molar-refractivity contribution in [3.63, 3.8) is 0 Å². The molecule has 4 nitrogen and oxygen atoms in total. The van der Waals surface area contributed by atoms with Crippen LogP contribution >= 0.6 is 0 Å². The minimum absolute atomic E-state index is 0.334. The van der Waals surface area contributed by atoms with Crippen molar-refractivity contribution in [2.75, 3.05) is 0 Å². The average Bonchev–Trinajstić information content (AvgIpc) is 3.17. The van der Waals surface area contributed by atoms with Gasteiger partial charge in [-0.05, 0) is 65.2 Å². The second kappa shape index (κ2) is 4.58. The van der Waals surface area contributed by atoms with Crippen molar-refractivity contribution < 1.29 is 9.53 Å². The van der Waals surface area contributed by atoms with Crippen LogP contribution in [0.2, 0.25) is 0 Å². The molecule has 2 aromatic rings. The molecular formula is C17H22N2O2. The van der Waals surface area contributed by atoms with Crippen LogP contribution in [-0.2, 0) is 4.74 Å². The predicted octanol–water partition coefficient (Wildman–Crippen LogP) is 4.31. The number of rotatable bonds is 1. The zero-order chi connectivity index (χ0) is 15.4. The smallest absolute Gasteiger partial charge is 0.419 e. The Morgan fingerprint density at radius 3 is 2.52 bits per heavy atom. The maximum Gasteiger partial charge on any atom is 0.419 e. The first-order valence-electron chi connectivity index (χ1n) is 7.50. The molecule has 1 fully saturated rings. The van der Waals surface area contributed by atoms with E-state index in [4.69, 9.17) is 9.72 Å². The summed E-state index contributed by atoms with van der Waals surface area (Å²) in [6.07, 6.45) is 2.12. The van der Waals surface area contributed by atoms with Gasteiger partial charge in [0.1, 0.15) is 5.60 Å². The lowest BCUT2D eigenvalue weighted by Gasteiger charge is -2.20. The lowest BCUT2D eigenvalue weighted by Crippen LogP contribution is -2.27. The molecule has 0 N–H and O–H groups in total. The molecular weight excluding hydrogens is 264 g/mol. The van der Waals surface area contributed by atoms with Gasteiger partial charge in [0.25, 0.3) is 0 Å². The van der Waals surface area contributed by atoms with Gasteiger partial charge in [-0.25, -0.2) is 9.36 Å². The number of fused-ring (bicyclic) bond motifs is 1. The number of hydrogen-bond donors (Lipinski definition) is 0. The van der Waals surface area contributed by atoms with Crippen LogP contribution in [0.5, 0.6) is 0 Å². The summed E-state index contributed by atoms with van der Waals surface area (Å²) in [5.74, 6) is 0.610. The SMILES string of the molecule is Cc1c(C)n(C(=O)OC(C)(C)C)c2ccc(C3CC3)nc12. The molecule has 0 radical (unpaired) electrons. The molecule has 3 rings (SSSR count). The molecule has 0 atom stereocenters. The molecule has 2 heterocycles. The van der Waals surface area contributed by atoms with E-state index >= 15 is 0 Å². The molecule has 4 heteroatoms. The third-order valence-electron chi connectivity index (χ3n) is 3.94. The highest BCUT2D eigenvalue weighted by Gasteiger charge is 2.27. The summed E-state index contributed by atoms with van der Waals surface area (Å²) in [6, 6.07) is 4.04. The summed E-state index contributed by atoms with van der Waals surface area (Å²) in [4.78, 5) is 17.2. The molecule has 0 aliphatic heterocycles. The summed E-state index contributed by atoms with van der Waals surface area (Å²) in [5, 5.41) is 0. The Hall–Kier alpha value is -1.84. The van der Waals surface area contributed by atoms with E-state index in [0.29, 0.717) is 5.92 Å². The Morgan fingerprint density at radius 2 is 1.95 bits per heavy atom. The lowest BCUT2D eigenvalue weighted by molar-refractivity contribution is 0.0541. The number of nitrogens with zero attached hydrogens (tertiary/aromatic N) is 2. The minimum atomic E-state index is -0.505. The summed E-state index contributed by atoms with van der Waals surface area (Å²) < 4.78 is 7.15. The Morgan fingerprint density at radius 1 is 1.29 bits per heavy atom. The van der Waals surface area contributed by atoms with Crippen molar-refractivity contribution in [3.05, 3.63) is 29.1 Å². The molecule has 2 aromatic heterocycles.